The fourth-order valence-electron chi connectivity index (χ4n) is 1.53. The van der Waals surface area contributed by atoms with E-state index < -0.39 is 0 Å². The molecule has 0 heterocycles. The molecule has 20 heavy (non-hydrogen) atoms. The number of carbonyl (C=O) groups excluding carboxylic acids is 2. The van der Waals surface area contributed by atoms with Crippen molar-refractivity contribution in [2.75, 3.05) is 20.7 Å². The zero-order valence-corrected chi connectivity index (χ0v) is 13.4. The Kier molecular flexibility index (Phi) is 6.45. The first-order valence-electron chi connectivity index (χ1n) is 6.20. The highest BCUT2D eigenvalue weighted by Gasteiger charge is 2.08. The zero-order valence-electron chi connectivity index (χ0n) is 11.9. The second-order valence-corrected chi connectivity index (χ2v) is 5.30. The molecule has 0 unspecified atom stereocenters. The molecule has 0 aliphatic heterocycles. The Bertz CT molecular complexity index is 526. The Morgan fingerprint density at radius 3 is 2.70 bits per heavy atom. The third-order valence-electron chi connectivity index (χ3n) is 2.82. The number of methoxy groups -OCH3 is 1. The summed E-state index contributed by atoms with van der Waals surface area (Å²) < 4.78 is 5.48. The maximum atomic E-state index is 11.9. The molecule has 0 bridgehead atoms. The van der Waals surface area contributed by atoms with Gasteiger partial charge in [0.15, 0.2) is 0 Å². The van der Waals surface area contributed by atoms with Crippen molar-refractivity contribution in [2.24, 2.45) is 0 Å². The highest BCUT2D eigenvalue weighted by molar-refractivity contribution is 9.10. The molecular formula is C15H18BrNO3. The van der Waals surface area contributed by atoms with Crippen LogP contribution in [0.1, 0.15) is 17.5 Å². The molecule has 0 aliphatic carbocycles. The van der Waals surface area contributed by atoms with E-state index in [0.29, 0.717) is 6.54 Å². The van der Waals surface area contributed by atoms with E-state index in [1.807, 2.05) is 25.1 Å². The number of likely N-dealkylation sites (N-methyl/N-ethyl adjacent to an activating group) is 1. The van der Waals surface area contributed by atoms with E-state index in [-0.39, 0.29) is 18.3 Å². The summed E-state index contributed by atoms with van der Waals surface area (Å²) in [4.78, 5) is 24.4. The Labute approximate surface area is 127 Å². The van der Waals surface area contributed by atoms with Crippen LogP contribution in [-0.2, 0) is 14.3 Å². The lowest BCUT2D eigenvalue weighted by Gasteiger charge is -2.13. The van der Waals surface area contributed by atoms with Crippen LogP contribution in [0.2, 0.25) is 0 Å². The molecule has 1 aromatic rings. The van der Waals surface area contributed by atoms with Gasteiger partial charge in [0, 0.05) is 24.1 Å². The third kappa shape index (κ3) is 5.17. The molecule has 5 heteroatoms. The summed E-state index contributed by atoms with van der Waals surface area (Å²) in [6.45, 7) is 2.34. The standard InChI is InChI=1S/C15H18BrNO3/c1-11-4-5-12(13(16)10-11)6-7-14(18)17(2)9-8-15(19)20-3/h4-7,10H,8-9H2,1-3H3. The van der Waals surface area contributed by atoms with Crippen molar-refractivity contribution in [2.45, 2.75) is 13.3 Å². The normalized spacial score (nSPS) is 10.6. The molecule has 0 saturated carbocycles. The van der Waals surface area contributed by atoms with Crippen LogP contribution >= 0.6 is 15.9 Å². The van der Waals surface area contributed by atoms with E-state index in [4.69, 9.17) is 0 Å². The summed E-state index contributed by atoms with van der Waals surface area (Å²) in [5, 5.41) is 0. The highest BCUT2D eigenvalue weighted by Crippen LogP contribution is 2.19. The van der Waals surface area contributed by atoms with Gasteiger partial charge in [-0.1, -0.05) is 28.1 Å². The van der Waals surface area contributed by atoms with Crippen molar-refractivity contribution >= 4 is 33.9 Å². The van der Waals surface area contributed by atoms with Gasteiger partial charge in [0.25, 0.3) is 0 Å². The van der Waals surface area contributed by atoms with Gasteiger partial charge in [0.1, 0.15) is 0 Å². The van der Waals surface area contributed by atoms with Crippen molar-refractivity contribution in [3.63, 3.8) is 0 Å². The minimum absolute atomic E-state index is 0.152. The van der Waals surface area contributed by atoms with Crippen LogP contribution in [0.15, 0.2) is 28.7 Å². The average molecular weight is 340 g/mol. The Morgan fingerprint density at radius 2 is 2.10 bits per heavy atom. The third-order valence-corrected chi connectivity index (χ3v) is 3.50. The number of carbonyl (C=O) groups is 2. The van der Waals surface area contributed by atoms with Gasteiger partial charge in [-0.05, 0) is 30.2 Å². The average Bonchev–Trinajstić information content (AvgIpc) is 2.42. The van der Waals surface area contributed by atoms with Gasteiger partial charge in [-0.3, -0.25) is 9.59 Å². The summed E-state index contributed by atoms with van der Waals surface area (Å²) in [6, 6.07) is 5.92. The van der Waals surface area contributed by atoms with Crippen LogP contribution in [0, 0.1) is 6.92 Å². The number of nitrogens with zero attached hydrogens (tertiary/aromatic N) is 1. The molecule has 0 saturated heterocycles. The van der Waals surface area contributed by atoms with Gasteiger partial charge in [0.2, 0.25) is 5.91 Å². The lowest BCUT2D eigenvalue weighted by molar-refractivity contribution is -0.141. The molecule has 1 aromatic carbocycles. The Balaban J connectivity index is 2.60. The molecule has 4 nitrogen and oxygen atoms in total. The summed E-state index contributed by atoms with van der Waals surface area (Å²) in [6.07, 6.45) is 3.44. The Hall–Kier alpha value is -1.62. The van der Waals surface area contributed by atoms with Gasteiger partial charge in [-0.2, -0.15) is 0 Å². The number of hydrogen-bond donors (Lipinski definition) is 0. The second kappa shape index (κ2) is 7.85. The second-order valence-electron chi connectivity index (χ2n) is 4.44. The van der Waals surface area contributed by atoms with Crippen LogP contribution in [0.4, 0.5) is 0 Å². The monoisotopic (exact) mass is 339 g/mol. The molecule has 0 atom stereocenters. The van der Waals surface area contributed by atoms with Gasteiger partial charge < -0.3 is 9.64 Å². The lowest BCUT2D eigenvalue weighted by atomic mass is 10.1. The van der Waals surface area contributed by atoms with E-state index in [0.717, 1.165) is 15.6 Å². The largest absolute Gasteiger partial charge is 0.469 e. The number of hydrogen-bond acceptors (Lipinski definition) is 3. The number of benzene rings is 1. The van der Waals surface area contributed by atoms with Crippen LogP contribution in [-0.4, -0.2) is 37.5 Å². The fraction of sp³-hybridized carbons (Fsp3) is 0.333. The highest BCUT2D eigenvalue weighted by atomic mass is 79.9. The molecule has 0 spiro atoms. The van der Waals surface area contributed by atoms with Crippen LogP contribution in [0.3, 0.4) is 0 Å². The van der Waals surface area contributed by atoms with Crippen LogP contribution in [0.5, 0.6) is 0 Å². The van der Waals surface area contributed by atoms with Crippen LogP contribution in [0.25, 0.3) is 6.08 Å². The van der Waals surface area contributed by atoms with Gasteiger partial charge in [0.05, 0.1) is 13.5 Å². The van der Waals surface area contributed by atoms with Gasteiger partial charge in [-0.15, -0.1) is 0 Å². The number of aryl methyl sites for hydroxylation is 1. The van der Waals surface area contributed by atoms with E-state index in [1.54, 1.807) is 13.1 Å². The minimum atomic E-state index is -0.324. The molecule has 0 fully saturated rings. The van der Waals surface area contributed by atoms with Crippen molar-refractivity contribution in [3.8, 4) is 0 Å². The Morgan fingerprint density at radius 1 is 1.40 bits per heavy atom. The summed E-state index contributed by atoms with van der Waals surface area (Å²) in [5.41, 5.74) is 2.08. The van der Waals surface area contributed by atoms with Gasteiger partial charge in [-0.25, -0.2) is 0 Å². The van der Waals surface area contributed by atoms with E-state index in [9.17, 15) is 9.59 Å². The molecule has 0 aromatic heterocycles. The van der Waals surface area contributed by atoms with E-state index in [2.05, 4.69) is 20.7 Å². The maximum absolute atomic E-state index is 11.9. The summed E-state index contributed by atoms with van der Waals surface area (Å²) >= 11 is 3.46. The number of ether oxygens (including phenoxy) is 1. The SMILES string of the molecule is COC(=O)CCN(C)C(=O)C=Cc1ccc(C)cc1Br. The molecule has 1 amide bonds. The van der Waals surface area contributed by atoms with Gasteiger partial charge >= 0.3 is 5.97 Å². The maximum Gasteiger partial charge on any atom is 0.307 e. The van der Waals surface area contributed by atoms with Crippen LogP contribution < -0.4 is 0 Å². The number of rotatable bonds is 5. The van der Waals surface area contributed by atoms with E-state index in [1.165, 1.54) is 18.1 Å². The van der Waals surface area contributed by atoms with Crippen molar-refractivity contribution in [3.05, 3.63) is 39.9 Å². The molecule has 0 radical (unpaired) electrons. The number of amides is 1. The zero-order chi connectivity index (χ0) is 15.1. The first kappa shape index (κ1) is 16.4. The molecule has 1 rings (SSSR count). The first-order valence-corrected chi connectivity index (χ1v) is 6.99. The predicted molar refractivity (Wildman–Crippen MR) is 82.2 cm³/mol. The van der Waals surface area contributed by atoms with E-state index >= 15 is 0 Å². The molecule has 0 aliphatic rings. The predicted octanol–water partition coefficient (Wildman–Crippen LogP) is 2.79. The number of halogens is 1. The topological polar surface area (TPSA) is 46.6 Å². The molecular weight excluding hydrogens is 322 g/mol. The van der Waals surface area contributed by atoms with Crippen molar-refractivity contribution in [1.82, 2.24) is 4.90 Å². The smallest absolute Gasteiger partial charge is 0.307 e. The van der Waals surface area contributed by atoms with Crippen molar-refractivity contribution < 1.29 is 14.3 Å². The fourth-order valence-corrected chi connectivity index (χ4v) is 2.15. The van der Waals surface area contributed by atoms with Crippen molar-refractivity contribution in [1.29, 1.82) is 0 Å². The lowest BCUT2D eigenvalue weighted by Crippen LogP contribution is -2.27. The minimum Gasteiger partial charge on any atom is -0.469 e. The molecule has 108 valence electrons. The summed E-state index contributed by atoms with van der Waals surface area (Å²) in [5.74, 6) is -0.476. The first-order chi connectivity index (χ1) is 9.43. The quantitative estimate of drug-likeness (QED) is 0.612. The number of esters is 1. The summed E-state index contributed by atoms with van der Waals surface area (Å²) in [7, 11) is 2.98. The molecule has 0 N–H and O–H groups in total.